The SMILES string of the molecule is O=C(COc1c(Cl)cc(C=Nn2c(-c3cc4ccccc4o3)nc3ccccc3c2=O)cc1Br)Nc1ccc(Cl)cc1. The number of halogens is 3. The number of aromatic nitrogens is 2. The molecule has 6 rings (SSSR count). The lowest BCUT2D eigenvalue weighted by Crippen LogP contribution is -2.20. The highest BCUT2D eigenvalue weighted by Crippen LogP contribution is 2.34. The standard InChI is InChI=1S/C31H19BrCl2N4O4/c32-23-13-18(14-24(34)29(23)41-17-28(39)36-21-11-9-20(33)10-12-21)16-35-38-30(27-15-19-5-1-4-8-26(19)42-27)37-25-7-3-2-6-22(25)31(38)40/h1-16H,17H2,(H,36,39). The average Bonchev–Trinajstić information content (AvgIpc) is 3.42. The predicted octanol–water partition coefficient (Wildman–Crippen LogP) is 7.78. The molecular weight excluding hydrogens is 643 g/mol. The molecule has 0 atom stereocenters. The fourth-order valence-corrected chi connectivity index (χ4v) is 5.38. The maximum absolute atomic E-state index is 13.5. The van der Waals surface area contributed by atoms with Crippen molar-refractivity contribution in [3.05, 3.63) is 121 Å². The molecule has 0 fully saturated rings. The van der Waals surface area contributed by atoms with E-state index in [0.29, 0.717) is 43.0 Å². The van der Waals surface area contributed by atoms with Gasteiger partial charge in [0.15, 0.2) is 18.1 Å². The first-order chi connectivity index (χ1) is 20.4. The maximum Gasteiger partial charge on any atom is 0.282 e. The molecule has 2 heterocycles. The smallest absolute Gasteiger partial charge is 0.282 e. The Hall–Kier alpha value is -4.44. The molecule has 1 amide bonds. The van der Waals surface area contributed by atoms with Gasteiger partial charge in [0.2, 0.25) is 5.82 Å². The minimum atomic E-state index is -0.368. The van der Waals surface area contributed by atoms with E-state index in [9.17, 15) is 9.59 Å². The summed E-state index contributed by atoms with van der Waals surface area (Å²) in [5.41, 5.74) is 1.99. The number of nitrogens with one attached hydrogen (secondary N) is 1. The molecule has 4 aromatic carbocycles. The molecule has 2 aromatic heterocycles. The van der Waals surface area contributed by atoms with Crippen molar-refractivity contribution in [2.24, 2.45) is 5.10 Å². The summed E-state index contributed by atoms with van der Waals surface area (Å²) in [4.78, 5) is 30.6. The first kappa shape index (κ1) is 27.7. The second kappa shape index (κ2) is 11.8. The van der Waals surface area contributed by atoms with Crippen LogP contribution in [0.25, 0.3) is 33.5 Å². The number of rotatable bonds is 7. The van der Waals surface area contributed by atoms with E-state index < -0.39 is 0 Å². The van der Waals surface area contributed by atoms with Crippen LogP contribution in [0.5, 0.6) is 5.75 Å². The summed E-state index contributed by atoms with van der Waals surface area (Å²) in [6.45, 7) is -0.270. The lowest BCUT2D eigenvalue weighted by molar-refractivity contribution is -0.118. The average molecular weight is 662 g/mol. The maximum atomic E-state index is 13.5. The number of ether oxygens (including phenoxy) is 1. The number of furan rings is 1. The van der Waals surface area contributed by atoms with E-state index in [4.69, 9.17) is 37.3 Å². The van der Waals surface area contributed by atoms with E-state index in [2.05, 4.69) is 26.3 Å². The summed E-state index contributed by atoms with van der Waals surface area (Å²) in [6, 6.07) is 26.4. The van der Waals surface area contributed by atoms with Gasteiger partial charge in [0.25, 0.3) is 11.5 Å². The van der Waals surface area contributed by atoms with E-state index in [0.717, 1.165) is 5.39 Å². The van der Waals surface area contributed by atoms with Crippen LogP contribution in [0.2, 0.25) is 10.0 Å². The second-order valence-electron chi connectivity index (χ2n) is 9.12. The molecule has 208 valence electrons. The monoisotopic (exact) mass is 660 g/mol. The van der Waals surface area contributed by atoms with Gasteiger partial charge in [-0.15, -0.1) is 0 Å². The van der Waals surface area contributed by atoms with Gasteiger partial charge in [0.05, 0.1) is 26.6 Å². The Morgan fingerprint density at radius 2 is 1.79 bits per heavy atom. The third kappa shape index (κ3) is 5.80. The third-order valence-electron chi connectivity index (χ3n) is 6.22. The second-order valence-corrected chi connectivity index (χ2v) is 10.8. The van der Waals surface area contributed by atoms with Crippen LogP contribution in [-0.4, -0.2) is 28.4 Å². The Morgan fingerprint density at radius 1 is 1.02 bits per heavy atom. The molecule has 0 aliphatic heterocycles. The van der Waals surface area contributed by atoms with Crippen LogP contribution in [0.4, 0.5) is 5.69 Å². The van der Waals surface area contributed by atoms with E-state index in [1.54, 1.807) is 54.6 Å². The van der Waals surface area contributed by atoms with Crippen molar-refractivity contribution >= 4 is 78.8 Å². The molecule has 6 aromatic rings. The quantitative estimate of drug-likeness (QED) is 0.176. The van der Waals surface area contributed by atoms with Gasteiger partial charge in [-0.3, -0.25) is 9.59 Å². The molecule has 0 aliphatic rings. The van der Waals surface area contributed by atoms with E-state index in [-0.39, 0.29) is 34.7 Å². The van der Waals surface area contributed by atoms with Gasteiger partial charge >= 0.3 is 0 Å². The van der Waals surface area contributed by atoms with Crippen LogP contribution in [0.3, 0.4) is 0 Å². The highest BCUT2D eigenvalue weighted by atomic mass is 79.9. The zero-order valence-corrected chi connectivity index (χ0v) is 24.7. The molecule has 0 aliphatic carbocycles. The number of benzene rings is 4. The summed E-state index contributed by atoms with van der Waals surface area (Å²) in [6.07, 6.45) is 1.48. The molecule has 0 bridgehead atoms. The van der Waals surface area contributed by atoms with Crippen LogP contribution in [-0.2, 0) is 4.79 Å². The molecule has 0 spiro atoms. The van der Waals surface area contributed by atoms with Crippen LogP contribution in [0, 0.1) is 0 Å². The summed E-state index contributed by atoms with van der Waals surface area (Å²) in [5, 5.41) is 9.29. The van der Waals surface area contributed by atoms with Crippen LogP contribution >= 0.6 is 39.1 Å². The summed E-state index contributed by atoms with van der Waals surface area (Å²) in [5.74, 6) is 0.568. The molecule has 8 nitrogen and oxygen atoms in total. The van der Waals surface area contributed by atoms with E-state index >= 15 is 0 Å². The highest BCUT2D eigenvalue weighted by molar-refractivity contribution is 9.10. The van der Waals surface area contributed by atoms with Crippen molar-refractivity contribution in [2.45, 2.75) is 0 Å². The van der Waals surface area contributed by atoms with Gasteiger partial charge < -0.3 is 14.5 Å². The molecule has 0 saturated carbocycles. The Kier molecular flexibility index (Phi) is 7.80. The Labute approximate surface area is 257 Å². The van der Waals surface area contributed by atoms with E-state index in [1.165, 1.54) is 10.9 Å². The first-order valence-electron chi connectivity index (χ1n) is 12.6. The fraction of sp³-hybridized carbons (Fsp3) is 0.0323. The number of nitrogens with zero attached hydrogens (tertiary/aromatic N) is 3. The molecule has 42 heavy (non-hydrogen) atoms. The number of hydrogen-bond donors (Lipinski definition) is 1. The van der Waals surface area contributed by atoms with Gasteiger partial charge in [-0.05, 0) is 82.2 Å². The summed E-state index contributed by atoms with van der Waals surface area (Å²) >= 11 is 15.8. The fourth-order valence-electron chi connectivity index (χ4n) is 4.27. The van der Waals surface area contributed by atoms with Crippen LogP contribution in [0.1, 0.15) is 5.56 Å². The molecule has 0 radical (unpaired) electrons. The van der Waals surface area contributed by atoms with Crippen molar-refractivity contribution in [1.29, 1.82) is 0 Å². The number of para-hydroxylation sites is 2. The lowest BCUT2D eigenvalue weighted by atomic mass is 10.2. The molecular formula is C31H19BrCl2N4O4. The zero-order valence-electron chi connectivity index (χ0n) is 21.6. The van der Waals surface area contributed by atoms with Gasteiger partial charge in [-0.1, -0.05) is 53.5 Å². The minimum Gasteiger partial charge on any atom is -0.481 e. The van der Waals surface area contributed by atoms with Crippen molar-refractivity contribution in [1.82, 2.24) is 9.66 Å². The third-order valence-corrected chi connectivity index (χ3v) is 7.34. The van der Waals surface area contributed by atoms with Crippen molar-refractivity contribution in [3.63, 3.8) is 0 Å². The lowest BCUT2D eigenvalue weighted by Gasteiger charge is -2.11. The van der Waals surface area contributed by atoms with Crippen molar-refractivity contribution in [3.8, 4) is 17.3 Å². The Balaban J connectivity index is 1.28. The van der Waals surface area contributed by atoms with Crippen molar-refractivity contribution < 1.29 is 13.9 Å². The number of fused-ring (bicyclic) bond motifs is 2. The molecule has 1 N–H and O–H groups in total. The van der Waals surface area contributed by atoms with Crippen molar-refractivity contribution in [2.75, 3.05) is 11.9 Å². The minimum absolute atomic E-state index is 0.242. The molecule has 0 saturated heterocycles. The van der Waals surface area contributed by atoms with Gasteiger partial charge in [-0.2, -0.15) is 9.78 Å². The largest absolute Gasteiger partial charge is 0.481 e. The topological polar surface area (TPSA) is 98.7 Å². The normalized spacial score (nSPS) is 11.4. The molecule has 0 unspecified atom stereocenters. The first-order valence-corrected chi connectivity index (χ1v) is 14.1. The number of hydrogen-bond acceptors (Lipinski definition) is 6. The van der Waals surface area contributed by atoms with Gasteiger partial charge in [0.1, 0.15) is 5.58 Å². The van der Waals surface area contributed by atoms with Gasteiger partial charge in [-0.25, -0.2) is 4.98 Å². The number of anilines is 1. The number of amides is 1. The summed E-state index contributed by atoms with van der Waals surface area (Å²) in [7, 11) is 0. The number of carbonyl (C=O) groups is 1. The predicted molar refractivity (Wildman–Crippen MR) is 169 cm³/mol. The zero-order chi connectivity index (χ0) is 29.2. The Bertz CT molecular complexity index is 2000. The number of carbonyl (C=O) groups excluding carboxylic acids is 1. The van der Waals surface area contributed by atoms with Gasteiger partial charge in [0, 0.05) is 16.1 Å². The van der Waals surface area contributed by atoms with Crippen LogP contribution in [0.15, 0.2) is 110 Å². The Morgan fingerprint density at radius 3 is 2.57 bits per heavy atom. The highest BCUT2D eigenvalue weighted by Gasteiger charge is 2.17. The van der Waals surface area contributed by atoms with Crippen LogP contribution < -0.4 is 15.6 Å². The summed E-state index contributed by atoms with van der Waals surface area (Å²) < 4.78 is 13.4. The molecule has 11 heteroatoms. The van der Waals surface area contributed by atoms with E-state index in [1.807, 2.05) is 36.4 Å².